The van der Waals surface area contributed by atoms with Gasteiger partial charge >= 0.3 is 12.0 Å². The summed E-state index contributed by atoms with van der Waals surface area (Å²) in [7, 11) is 1.78. The van der Waals surface area contributed by atoms with E-state index in [0.29, 0.717) is 12.1 Å². The SMILES string of the molecule is CC(C)NC(=O)NCc1ccc(C(=O)OCC(=O)N(C)C2CCCCC2)cc1. The second-order valence-corrected chi connectivity index (χ2v) is 7.55. The van der Waals surface area contributed by atoms with Crippen molar-refractivity contribution < 1.29 is 19.1 Å². The van der Waals surface area contributed by atoms with Crippen molar-refractivity contribution in [3.8, 4) is 0 Å². The van der Waals surface area contributed by atoms with E-state index in [-0.39, 0.29) is 30.6 Å². The minimum absolute atomic E-state index is 0.0667. The van der Waals surface area contributed by atoms with Crippen LogP contribution < -0.4 is 10.6 Å². The maximum atomic E-state index is 12.3. The number of amides is 3. The summed E-state index contributed by atoms with van der Waals surface area (Å²) in [5.41, 5.74) is 1.24. The van der Waals surface area contributed by atoms with Gasteiger partial charge in [0.05, 0.1) is 5.56 Å². The topological polar surface area (TPSA) is 87.7 Å². The molecule has 7 heteroatoms. The first-order valence-electron chi connectivity index (χ1n) is 9.93. The molecule has 0 saturated heterocycles. The van der Waals surface area contributed by atoms with E-state index in [0.717, 1.165) is 31.2 Å². The summed E-state index contributed by atoms with van der Waals surface area (Å²) >= 11 is 0. The molecule has 154 valence electrons. The van der Waals surface area contributed by atoms with Gasteiger partial charge in [0.2, 0.25) is 0 Å². The Morgan fingerprint density at radius 1 is 1.11 bits per heavy atom. The lowest BCUT2D eigenvalue weighted by molar-refractivity contribution is -0.135. The lowest BCUT2D eigenvalue weighted by Crippen LogP contribution is -2.40. The standard InChI is InChI=1S/C21H31N3O4/c1-15(2)23-21(27)22-13-16-9-11-17(12-10-16)20(26)28-14-19(25)24(3)18-7-5-4-6-8-18/h9-12,15,18H,4-8,13-14H2,1-3H3,(H2,22,23,27). The summed E-state index contributed by atoms with van der Waals surface area (Å²) in [6.07, 6.45) is 5.54. The highest BCUT2D eigenvalue weighted by Crippen LogP contribution is 2.21. The molecule has 0 atom stereocenters. The predicted molar refractivity (Wildman–Crippen MR) is 107 cm³/mol. The monoisotopic (exact) mass is 389 g/mol. The highest BCUT2D eigenvalue weighted by atomic mass is 16.5. The lowest BCUT2D eigenvalue weighted by Gasteiger charge is -2.31. The summed E-state index contributed by atoms with van der Waals surface area (Å²) in [4.78, 5) is 37.7. The highest BCUT2D eigenvalue weighted by molar-refractivity contribution is 5.91. The van der Waals surface area contributed by atoms with Gasteiger partial charge in [0.1, 0.15) is 0 Å². The van der Waals surface area contributed by atoms with Crippen LogP contribution in [0.2, 0.25) is 0 Å². The van der Waals surface area contributed by atoms with E-state index >= 15 is 0 Å². The number of carbonyl (C=O) groups excluding carboxylic acids is 3. The first-order chi connectivity index (χ1) is 13.4. The molecule has 0 spiro atoms. The fraction of sp³-hybridized carbons (Fsp3) is 0.571. The van der Waals surface area contributed by atoms with Crippen LogP contribution >= 0.6 is 0 Å². The molecule has 28 heavy (non-hydrogen) atoms. The molecule has 0 aromatic heterocycles. The van der Waals surface area contributed by atoms with Crippen molar-refractivity contribution >= 4 is 17.9 Å². The van der Waals surface area contributed by atoms with Crippen molar-refractivity contribution in [1.29, 1.82) is 0 Å². The van der Waals surface area contributed by atoms with Crippen LogP contribution in [-0.2, 0) is 16.1 Å². The Hall–Kier alpha value is -2.57. The molecular formula is C21H31N3O4. The molecule has 1 fully saturated rings. The zero-order valence-corrected chi connectivity index (χ0v) is 17.0. The summed E-state index contributed by atoms with van der Waals surface area (Å²) < 4.78 is 5.17. The third kappa shape index (κ3) is 6.87. The van der Waals surface area contributed by atoms with Gasteiger partial charge in [0.15, 0.2) is 6.61 Å². The Balaban J connectivity index is 1.77. The van der Waals surface area contributed by atoms with Gasteiger partial charge in [-0.25, -0.2) is 9.59 Å². The number of esters is 1. The summed E-state index contributed by atoms with van der Waals surface area (Å²) in [6.45, 7) is 3.89. The molecule has 1 aliphatic rings. The molecule has 3 amide bonds. The third-order valence-electron chi connectivity index (χ3n) is 4.91. The normalized spacial score (nSPS) is 14.4. The third-order valence-corrected chi connectivity index (χ3v) is 4.91. The van der Waals surface area contributed by atoms with Gasteiger partial charge in [-0.15, -0.1) is 0 Å². The maximum Gasteiger partial charge on any atom is 0.338 e. The minimum atomic E-state index is -0.526. The maximum absolute atomic E-state index is 12.3. The van der Waals surface area contributed by atoms with Crippen LogP contribution in [-0.4, -0.2) is 48.5 Å². The average molecular weight is 389 g/mol. The Morgan fingerprint density at radius 2 is 1.75 bits per heavy atom. The Kier molecular flexibility index (Phi) is 8.29. The molecular weight excluding hydrogens is 358 g/mol. The van der Waals surface area contributed by atoms with Crippen molar-refractivity contribution in [2.24, 2.45) is 0 Å². The largest absolute Gasteiger partial charge is 0.452 e. The smallest absolute Gasteiger partial charge is 0.338 e. The first-order valence-corrected chi connectivity index (χ1v) is 9.93. The Bertz CT molecular complexity index is 667. The zero-order chi connectivity index (χ0) is 20.5. The number of nitrogens with one attached hydrogen (secondary N) is 2. The summed E-state index contributed by atoms with van der Waals surface area (Å²) in [5, 5.41) is 5.49. The van der Waals surface area contributed by atoms with Gasteiger partial charge < -0.3 is 20.3 Å². The van der Waals surface area contributed by atoms with Crippen LogP contribution in [0.4, 0.5) is 4.79 Å². The van der Waals surface area contributed by atoms with Gasteiger partial charge in [-0.2, -0.15) is 0 Å². The van der Waals surface area contributed by atoms with Crippen LogP contribution in [0.3, 0.4) is 0 Å². The van der Waals surface area contributed by atoms with Crippen LogP contribution in [0.1, 0.15) is 61.9 Å². The fourth-order valence-electron chi connectivity index (χ4n) is 3.24. The lowest BCUT2D eigenvalue weighted by atomic mass is 9.94. The second kappa shape index (κ2) is 10.7. The van der Waals surface area contributed by atoms with Gasteiger partial charge in [0.25, 0.3) is 5.91 Å². The number of urea groups is 1. The van der Waals surface area contributed by atoms with E-state index in [1.807, 2.05) is 13.8 Å². The molecule has 1 aromatic carbocycles. The van der Waals surface area contributed by atoms with E-state index in [4.69, 9.17) is 4.74 Å². The molecule has 1 aliphatic carbocycles. The average Bonchev–Trinajstić information content (AvgIpc) is 2.70. The summed E-state index contributed by atoms with van der Waals surface area (Å²) in [6, 6.07) is 6.85. The number of hydrogen-bond donors (Lipinski definition) is 2. The van der Waals surface area contributed by atoms with E-state index in [1.54, 1.807) is 36.2 Å². The Labute approximate surface area is 166 Å². The predicted octanol–water partition coefficient (Wildman–Crippen LogP) is 2.84. The van der Waals surface area contributed by atoms with Crippen molar-refractivity contribution in [2.75, 3.05) is 13.7 Å². The molecule has 2 N–H and O–H groups in total. The quantitative estimate of drug-likeness (QED) is 0.702. The number of likely N-dealkylation sites (N-methyl/N-ethyl adjacent to an activating group) is 1. The molecule has 1 aromatic rings. The molecule has 1 saturated carbocycles. The van der Waals surface area contributed by atoms with Gasteiger partial charge in [-0.1, -0.05) is 31.4 Å². The number of nitrogens with zero attached hydrogens (tertiary/aromatic N) is 1. The second-order valence-electron chi connectivity index (χ2n) is 7.55. The summed E-state index contributed by atoms with van der Waals surface area (Å²) in [5.74, 6) is -0.695. The molecule has 0 heterocycles. The molecule has 0 bridgehead atoms. The van der Waals surface area contributed by atoms with Gasteiger partial charge in [-0.05, 0) is 44.4 Å². The highest BCUT2D eigenvalue weighted by Gasteiger charge is 2.23. The van der Waals surface area contributed by atoms with Crippen LogP contribution in [0, 0.1) is 0 Å². The van der Waals surface area contributed by atoms with Gasteiger partial charge in [-0.3, -0.25) is 4.79 Å². The molecule has 0 aliphatic heterocycles. The van der Waals surface area contributed by atoms with E-state index in [9.17, 15) is 14.4 Å². The fourth-order valence-corrected chi connectivity index (χ4v) is 3.24. The molecule has 2 rings (SSSR count). The number of rotatable bonds is 7. The molecule has 0 unspecified atom stereocenters. The van der Waals surface area contributed by atoms with Crippen LogP contribution in [0.15, 0.2) is 24.3 Å². The number of hydrogen-bond acceptors (Lipinski definition) is 4. The number of benzene rings is 1. The van der Waals surface area contributed by atoms with Gasteiger partial charge in [0, 0.05) is 25.7 Å². The van der Waals surface area contributed by atoms with E-state index < -0.39 is 5.97 Å². The van der Waals surface area contributed by atoms with Crippen LogP contribution in [0.25, 0.3) is 0 Å². The Morgan fingerprint density at radius 3 is 2.36 bits per heavy atom. The molecule has 7 nitrogen and oxygen atoms in total. The minimum Gasteiger partial charge on any atom is -0.452 e. The van der Waals surface area contributed by atoms with Crippen molar-refractivity contribution in [3.05, 3.63) is 35.4 Å². The van der Waals surface area contributed by atoms with Crippen molar-refractivity contribution in [1.82, 2.24) is 15.5 Å². The van der Waals surface area contributed by atoms with Crippen molar-refractivity contribution in [3.63, 3.8) is 0 Å². The molecule has 0 radical (unpaired) electrons. The number of carbonyl (C=O) groups is 3. The van der Waals surface area contributed by atoms with E-state index in [1.165, 1.54) is 6.42 Å². The van der Waals surface area contributed by atoms with Crippen molar-refractivity contribution in [2.45, 2.75) is 64.6 Å². The van der Waals surface area contributed by atoms with E-state index in [2.05, 4.69) is 10.6 Å². The first kappa shape index (κ1) is 21.7. The number of ether oxygens (including phenoxy) is 1. The van der Waals surface area contributed by atoms with Crippen LogP contribution in [0.5, 0.6) is 0 Å². The zero-order valence-electron chi connectivity index (χ0n) is 17.0.